The predicted molar refractivity (Wildman–Crippen MR) is 68.9 cm³/mol. The topological polar surface area (TPSA) is 76.2 Å². The van der Waals surface area contributed by atoms with Crippen LogP contribution >= 0.6 is 11.6 Å². The molecule has 0 bridgehead atoms. The van der Waals surface area contributed by atoms with E-state index >= 15 is 0 Å². The molecular weight excluding hydrogens is 333 g/mol. The van der Waals surface area contributed by atoms with Crippen molar-refractivity contribution in [3.05, 3.63) is 45.9 Å². The van der Waals surface area contributed by atoms with E-state index in [1.165, 1.54) is 6.07 Å². The number of nitrogens with zero attached hydrogens (tertiary/aromatic N) is 3. The van der Waals surface area contributed by atoms with Crippen LogP contribution in [0.4, 0.5) is 33.7 Å². The molecule has 22 heavy (non-hydrogen) atoms. The highest BCUT2D eigenvalue weighted by Crippen LogP contribution is 2.21. The van der Waals surface area contributed by atoms with Crippen molar-refractivity contribution >= 4 is 29.6 Å². The fraction of sp³-hybridized carbons (Fsp3) is 0. The SMILES string of the molecule is Nc1cc(Cl)nc(N/N=C\c2c(F)c(F)c(F)c(F)c2F)n1. The molecule has 3 N–H and O–H groups in total. The van der Waals surface area contributed by atoms with E-state index in [1.54, 1.807) is 0 Å². The first-order chi connectivity index (χ1) is 10.3. The van der Waals surface area contributed by atoms with E-state index in [0.29, 0.717) is 6.21 Å². The lowest BCUT2D eigenvalue weighted by atomic mass is 10.2. The van der Waals surface area contributed by atoms with Crippen LogP contribution < -0.4 is 11.2 Å². The molecule has 0 aliphatic carbocycles. The first-order valence-corrected chi connectivity index (χ1v) is 5.79. The number of anilines is 2. The van der Waals surface area contributed by atoms with Crippen molar-refractivity contribution < 1.29 is 22.0 Å². The summed E-state index contributed by atoms with van der Waals surface area (Å²) < 4.78 is 65.4. The monoisotopic (exact) mass is 337 g/mol. The summed E-state index contributed by atoms with van der Waals surface area (Å²) in [5, 5.41) is 3.24. The summed E-state index contributed by atoms with van der Waals surface area (Å²) in [7, 11) is 0. The zero-order valence-corrected chi connectivity index (χ0v) is 11.1. The third kappa shape index (κ3) is 3.06. The van der Waals surface area contributed by atoms with E-state index in [2.05, 4.69) is 20.5 Å². The molecule has 0 spiro atoms. The molecule has 0 unspecified atom stereocenters. The second-order valence-electron chi connectivity index (χ2n) is 3.79. The number of aromatic nitrogens is 2. The van der Waals surface area contributed by atoms with Gasteiger partial charge in [-0.1, -0.05) is 11.6 Å². The number of rotatable bonds is 3. The van der Waals surface area contributed by atoms with Crippen LogP contribution in [0.2, 0.25) is 5.15 Å². The Labute approximate surface area is 124 Å². The molecule has 0 aliphatic rings. The minimum atomic E-state index is -2.26. The molecule has 0 radical (unpaired) electrons. The number of hydrazone groups is 1. The van der Waals surface area contributed by atoms with Gasteiger partial charge >= 0.3 is 0 Å². The highest BCUT2D eigenvalue weighted by atomic mass is 35.5. The maximum Gasteiger partial charge on any atom is 0.246 e. The Morgan fingerprint density at radius 1 is 1.00 bits per heavy atom. The minimum Gasteiger partial charge on any atom is -0.383 e. The summed E-state index contributed by atoms with van der Waals surface area (Å²) in [4.78, 5) is 7.23. The molecule has 2 aromatic rings. The van der Waals surface area contributed by atoms with Gasteiger partial charge in [0.15, 0.2) is 23.3 Å². The van der Waals surface area contributed by atoms with Gasteiger partial charge in [-0.15, -0.1) is 0 Å². The first kappa shape index (κ1) is 15.9. The van der Waals surface area contributed by atoms with Crippen LogP contribution in [-0.2, 0) is 0 Å². The zero-order valence-electron chi connectivity index (χ0n) is 10.3. The Kier molecular flexibility index (Phi) is 4.40. The standard InChI is InChI=1S/C11H5ClF5N5/c12-4-1-5(18)21-11(20-4)22-19-2-3-6(13)8(15)10(17)9(16)7(3)14/h1-2H,(H3,18,20,21,22)/b19-2-. The van der Waals surface area contributed by atoms with Gasteiger partial charge in [-0.05, 0) is 0 Å². The molecule has 1 aromatic carbocycles. The summed E-state index contributed by atoms with van der Waals surface area (Å²) in [6, 6.07) is 1.22. The highest BCUT2D eigenvalue weighted by Gasteiger charge is 2.24. The third-order valence-corrected chi connectivity index (χ3v) is 2.51. The second-order valence-corrected chi connectivity index (χ2v) is 4.18. The number of nitrogen functional groups attached to an aromatic ring is 1. The van der Waals surface area contributed by atoms with Gasteiger partial charge in [0.05, 0.1) is 11.8 Å². The number of benzene rings is 1. The van der Waals surface area contributed by atoms with Crippen LogP contribution in [-0.4, -0.2) is 16.2 Å². The normalized spacial score (nSPS) is 11.2. The number of nitrogens with one attached hydrogen (secondary N) is 1. The van der Waals surface area contributed by atoms with Crippen LogP contribution in [0.25, 0.3) is 0 Å². The Hall–Kier alpha value is -2.49. The van der Waals surface area contributed by atoms with E-state index in [9.17, 15) is 22.0 Å². The van der Waals surface area contributed by atoms with Crippen LogP contribution in [0.3, 0.4) is 0 Å². The quantitative estimate of drug-likeness (QED) is 0.225. The van der Waals surface area contributed by atoms with Crippen molar-refractivity contribution in [3.8, 4) is 0 Å². The summed E-state index contributed by atoms with van der Waals surface area (Å²) in [6.45, 7) is 0. The fourth-order valence-corrected chi connectivity index (χ4v) is 1.57. The van der Waals surface area contributed by atoms with E-state index in [-0.39, 0.29) is 16.9 Å². The lowest BCUT2D eigenvalue weighted by Gasteiger charge is -2.04. The molecule has 0 aliphatic heterocycles. The van der Waals surface area contributed by atoms with E-state index in [1.807, 2.05) is 0 Å². The lowest BCUT2D eigenvalue weighted by molar-refractivity contribution is 0.377. The predicted octanol–water partition coefficient (Wildman–Crippen LogP) is 2.85. The summed E-state index contributed by atoms with van der Waals surface area (Å²) in [6.07, 6.45) is 0.386. The van der Waals surface area contributed by atoms with Crippen LogP contribution in [0.5, 0.6) is 0 Å². The minimum absolute atomic E-state index is 0.0195. The average Bonchev–Trinajstić information content (AvgIpc) is 2.46. The third-order valence-electron chi connectivity index (χ3n) is 2.32. The van der Waals surface area contributed by atoms with Crippen LogP contribution in [0.1, 0.15) is 5.56 Å². The number of halogens is 6. The Balaban J connectivity index is 2.31. The van der Waals surface area contributed by atoms with E-state index in [0.717, 1.165) is 0 Å². The maximum absolute atomic E-state index is 13.3. The van der Waals surface area contributed by atoms with E-state index < -0.39 is 34.6 Å². The lowest BCUT2D eigenvalue weighted by Crippen LogP contribution is -2.07. The second kappa shape index (κ2) is 6.10. The Morgan fingerprint density at radius 3 is 2.09 bits per heavy atom. The number of hydrogen-bond donors (Lipinski definition) is 2. The van der Waals surface area contributed by atoms with Crippen molar-refractivity contribution in [2.24, 2.45) is 5.10 Å². The van der Waals surface area contributed by atoms with Gasteiger partial charge in [0.2, 0.25) is 11.8 Å². The van der Waals surface area contributed by atoms with Crippen molar-refractivity contribution in [2.75, 3.05) is 11.2 Å². The molecular formula is C11H5ClF5N5. The van der Waals surface area contributed by atoms with Crippen LogP contribution in [0, 0.1) is 29.1 Å². The van der Waals surface area contributed by atoms with E-state index in [4.69, 9.17) is 17.3 Å². The summed E-state index contributed by atoms with van der Waals surface area (Å²) in [5.74, 6) is -10.7. The molecule has 0 atom stereocenters. The molecule has 116 valence electrons. The van der Waals surface area contributed by atoms with Gasteiger partial charge in [0.1, 0.15) is 11.0 Å². The van der Waals surface area contributed by atoms with Gasteiger partial charge < -0.3 is 5.73 Å². The smallest absolute Gasteiger partial charge is 0.246 e. The molecule has 5 nitrogen and oxygen atoms in total. The van der Waals surface area contributed by atoms with Gasteiger partial charge in [-0.25, -0.2) is 27.4 Å². The van der Waals surface area contributed by atoms with Gasteiger partial charge in [-0.3, -0.25) is 0 Å². The number of hydrogen-bond acceptors (Lipinski definition) is 5. The number of nitrogens with two attached hydrogens (primary N) is 1. The zero-order chi connectivity index (χ0) is 16.4. The Morgan fingerprint density at radius 2 is 1.55 bits per heavy atom. The highest BCUT2D eigenvalue weighted by molar-refractivity contribution is 6.29. The van der Waals surface area contributed by atoms with Gasteiger partial charge in [0.25, 0.3) is 0 Å². The molecule has 1 heterocycles. The molecule has 0 amide bonds. The average molecular weight is 338 g/mol. The van der Waals surface area contributed by atoms with Crippen molar-refractivity contribution in [1.82, 2.24) is 9.97 Å². The largest absolute Gasteiger partial charge is 0.383 e. The first-order valence-electron chi connectivity index (χ1n) is 5.41. The molecule has 0 saturated carbocycles. The van der Waals surface area contributed by atoms with Crippen molar-refractivity contribution in [1.29, 1.82) is 0 Å². The molecule has 2 rings (SSSR count). The van der Waals surface area contributed by atoms with Crippen molar-refractivity contribution in [3.63, 3.8) is 0 Å². The maximum atomic E-state index is 13.3. The molecule has 1 aromatic heterocycles. The van der Waals surface area contributed by atoms with Crippen LogP contribution in [0.15, 0.2) is 11.2 Å². The molecule has 11 heteroatoms. The fourth-order valence-electron chi connectivity index (χ4n) is 1.37. The Bertz CT molecular complexity index is 718. The van der Waals surface area contributed by atoms with Crippen molar-refractivity contribution in [2.45, 2.75) is 0 Å². The molecule has 0 saturated heterocycles. The molecule has 0 fully saturated rings. The summed E-state index contributed by atoms with van der Waals surface area (Å²) >= 11 is 5.57. The van der Waals surface area contributed by atoms with Gasteiger partial charge in [0, 0.05) is 6.07 Å². The summed E-state index contributed by atoms with van der Waals surface area (Å²) in [5.41, 5.74) is 6.23. The van der Waals surface area contributed by atoms with Gasteiger partial charge in [-0.2, -0.15) is 15.1 Å².